The van der Waals surface area contributed by atoms with Gasteiger partial charge in [-0.15, -0.1) is 0 Å². The van der Waals surface area contributed by atoms with Crippen molar-refractivity contribution in [3.05, 3.63) is 25.4 Å². The summed E-state index contributed by atoms with van der Waals surface area (Å²) in [7, 11) is 0. The van der Waals surface area contributed by atoms with Crippen molar-refractivity contribution in [3.8, 4) is 0 Å². The summed E-state index contributed by atoms with van der Waals surface area (Å²) in [5, 5.41) is 0. The number of hydrogen-bond donors (Lipinski definition) is 0. The second kappa shape index (κ2) is 12.2. The zero-order chi connectivity index (χ0) is 16.1. The van der Waals surface area contributed by atoms with Gasteiger partial charge in [0.2, 0.25) is 5.91 Å². The highest BCUT2D eigenvalue weighted by Crippen LogP contribution is 2.12. The molecule has 0 aliphatic carbocycles. The zero-order valence-corrected chi connectivity index (χ0v) is 13.5. The van der Waals surface area contributed by atoms with Crippen molar-refractivity contribution in [1.29, 1.82) is 0 Å². The summed E-state index contributed by atoms with van der Waals surface area (Å²) in [6, 6.07) is 0. The van der Waals surface area contributed by atoms with Crippen LogP contribution in [0, 0.1) is 5.92 Å². The van der Waals surface area contributed by atoms with E-state index < -0.39 is 0 Å². The molecule has 0 radical (unpaired) electrons. The predicted octanol–water partition coefficient (Wildman–Crippen LogP) is 3.68. The van der Waals surface area contributed by atoms with E-state index in [4.69, 9.17) is 4.74 Å². The van der Waals surface area contributed by atoms with Gasteiger partial charge in [0.05, 0.1) is 6.61 Å². The summed E-state index contributed by atoms with van der Waals surface area (Å²) >= 11 is 0. The van der Waals surface area contributed by atoms with Gasteiger partial charge in [-0.3, -0.25) is 4.79 Å². The van der Waals surface area contributed by atoms with Crippen LogP contribution < -0.4 is 0 Å². The van der Waals surface area contributed by atoms with Crippen LogP contribution in [0.4, 0.5) is 0 Å². The fourth-order valence-electron chi connectivity index (χ4n) is 2.02. The molecule has 120 valence electrons. The minimum Gasteiger partial charge on any atom is -0.462 e. The van der Waals surface area contributed by atoms with Gasteiger partial charge in [0.1, 0.15) is 0 Å². The van der Waals surface area contributed by atoms with Crippen molar-refractivity contribution in [2.75, 3.05) is 13.2 Å². The van der Waals surface area contributed by atoms with E-state index >= 15 is 0 Å². The standard InChI is InChI=1S/C11H20O2.C6H9NO/c1-4-7-8-10(5-2)9-13-11(12)6-3;1-2-7-5-3-4-6(7)8/h6,10H,3-5,7-9H2,1-2H3;2H,1,3-5H2. The lowest BCUT2D eigenvalue weighted by molar-refractivity contribution is -0.139. The number of hydrogen-bond acceptors (Lipinski definition) is 3. The molecule has 0 aromatic rings. The average Bonchev–Trinajstić information content (AvgIpc) is 2.93. The largest absolute Gasteiger partial charge is 0.462 e. The van der Waals surface area contributed by atoms with Crippen LogP contribution >= 0.6 is 0 Å². The molecule has 1 unspecified atom stereocenters. The molecule has 1 aliphatic rings. The van der Waals surface area contributed by atoms with E-state index in [0.29, 0.717) is 18.9 Å². The maximum absolute atomic E-state index is 10.8. The van der Waals surface area contributed by atoms with Gasteiger partial charge in [0, 0.05) is 19.0 Å². The molecule has 0 saturated carbocycles. The minimum atomic E-state index is -0.310. The summed E-state index contributed by atoms with van der Waals surface area (Å²) < 4.78 is 4.98. The third kappa shape index (κ3) is 9.05. The van der Waals surface area contributed by atoms with E-state index in [0.717, 1.165) is 25.8 Å². The van der Waals surface area contributed by atoms with Gasteiger partial charge < -0.3 is 9.64 Å². The molecule has 0 aromatic carbocycles. The lowest BCUT2D eigenvalue weighted by Gasteiger charge is -2.13. The number of nitrogens with zero attached hydrogens (tertiary/aromatic N) is 1. The van der Waals surface area contributed by atoms with Crippen LogP contribution in [-0.4, -0.2) is 29.9 Å². The summed E-state index contributed by atoms with van der Waals surface area (Å²) in [4.78, 5) is 23.1. The number of esters is 1. The maximum atomic E-state index is 10.8. The van der Waals surface area contributed by atoms with E-state index in [2.05, 4.69) is 27.0 Å². The van der Waals surface area contributed by atoms with Crippen molar-refractivity contribution in [3.63, 3.8) is 0 Å². The van der Waals surface area contributed by atoms with Crippen LogP contribution in [0.5, 0.6) is 0 Å². The molecule has 1 aliphatic heterocycles. The molecule has 0 spiro atoms. The molecule has 1 saturated heterocycles. The quantitative estimate of drug-likeness (QED) is 0.507. The van der Waals surface area contributed by atoms with Gasteiger partial charge >= 0.3 is 5.97 Å². The van der Waals surface area contributed by atoms with Crippen molar-refractivity contribution in [2.45, 2.75) is 52.4 Å². The molecule has 0 bridgehead atoms. The molecular formula is C17H29NO3. The maximum Gasteiger partial charge on any atom is 0.330 e. The van der Waals surface area contributed by atoms with Crippen LogP contribution in [0.3, 0.4) is 0 Å². The number of rotatable bonds is 8. The lowest BCUT2D eigenvalue weighted by Crippen LogP contribution is -2.16. The topological polar surface area (TPSA) is 46.6 Å². The van der Waals surface area contributed by atoms with E-state index in [1.807, 2.05) is 0 Å². The highest BCUT2D eigenvalue weighted by molar-refractivity contribution is 5.81. The van der Waals surface area contributed by atoms with Gasteiger partial charge in [0.15, 0.2) is 0 Å². The predicted molar refractivity (Wildman–Crippen MR) is 85.6 cm³/mol. The Balaban J connectivity index is 0.000000423. The Morgan fingerprint density at radius 3 is 2.52 bits per heavy atom. The van der Waals surface area contributed by atoms with Crippen LogP contribution in [0.1, 0.15) is 52.4 Å². The SMILES string of the molecule is C=CC(=O)OCC(CC)CCCC.C=CN1CCCC1=O. The molecule has 1 atom stereocenters. The molecule has 1 amide bonds. The van der Waals surface area contributed by atoms with Crippen LogP contribution in [-0.2, 0) is 14.3 Å². The van der Waals surface area contributed by atoms with Gasteiger partial charge in [-0.2, -0.15) is 0 Å². The van der Waals surface area contributed by atoms with Crippen LogP contribution in [0.2, 0.25) is 0 Å². The first-order valence-corrected chi connectivity index (χ1v) is 7.80. The van der Waals surface area contributed by atoms with E-state index in [9.17, 15) is 9.59 Å². The van der Waals surface area contributed by atoms with Crippen LogP contribution in [0.15, 0.2) is 25.4 Å². The molecule has 4 heteroatoms. The van der Waals surface area contributed by atoms with Crippen molar-refractivity contribution >= 4 is 11.9 Å². The van der Waals surface area contributed by atoms with Crippen molar-refractivity contribution in [1.82, 2.24) is 4.90 Å². The lowest BCUT2D eigenvalue weighted by atomic mass is 10.0. The molecule has 1 heterocycles. The molecule has 1 fully saturated rings. The normalized spacial score (nSPS) is 15.0. The Labute approximate surface area is 128 Å². The van der Waals surface area contributed by atoms with E-state index in [-0.39, 0.29) is 11.9 Å². The summed E-state index contributed by atoms with van der Waals surface area (Å²) in [5.41, 5.74) is 0. The monoisotopic (exact) mass is 295 g/mol. The Morgan fingerprint density at radius 1 is 1.43 bits per heavy atom. The first kappa shape index (κ1) is 19.4. The second-order valence-corrected chi connectivity index (χ2v) is 5.12. The molecule has 1 rings (SSSR count). The second-order valence-electron chi connectivity index (χ2n) is 5.12. The van der Waals surface area contributed by atoms with Gasteiger partial charge in [0.25, 0.3) is 0 Å². The smallest absolute Gasteiger partial charge is 0.330 e. The third-order valence-electron chi connectivity index (χ3n) is 3.50. The Bertz CT molecular complexity index is 339. The summed E-state index contributed by atoms with van der Waals surface area (Å²) in [6.45, 7) is 12.6. The van der Waals surface area contributed by atoms with Gasteiger partial charge in [-0.1, -0.05) is 46.3 Å². The molecule has 0 N–H and O–H groups in total. The molecule has 0 aromatic heterocycles. The number of unbranched alkanes of at least 4 members (excludes halogenated alkanes) is 1. The first-order chi connectivity index (χ1) is 10.1. The van der Waals surface area contributed by atoms with E-state index in [1.54, 1.807) is 11.1 Å². The molecule has 21 heavy (non-hydrogen) atoms. The number of ether oxygens (including phenoxy) is 1. The van der Waals surface area contributed by atoms with Crippen LogP contribution in [0.25, 0.3) is 0 Å². The Hall–Kier alpha value is -1.58. The fraction of sp³-hybridized carbons (Fsp3) is 0.647. The Morgan fingerprint density at radius 2 is 2.14 bits per heavy atom. The number of likely N-dealkylation sites (tertiary alicyclic amines) is 1. The summed E-state index contributed by atoms with van der Waals surface area (Å²) in [5.74, 6) is 0.416. The van der Waals surface area contributed by atoms with Gasteiger partial charge in [-0.05, 0) is 25.0 Å². The number of carbonyl (C=O) groups excluding carboxylic acids is 2. The zero-order valence-electron chi connectivity index (χ0n) is 13.5. The molecular weight excluding hydrogens is 266 g/mol. The first-order valence-electron chi connectivity index (χ1n) is 7.80. The molecule has 4 nitrogen and oxygen atoms in total. The number of amides is 1. The summed E-state index contributed by atoms with van der Waals surface area (Å²) in [6.07, 6.45) is 9.14. The minimum absolute atomic E-state index is 0.208. The Kier molecular flexibility index (Phi) is 11.3. The average molecular weight is 295 g/mol. The van der Waals surface area contributed by atoms with Crippen molar-refractivity contribution in [2.24, 2.45) is 5.92 Å². The number of carbonyl (C=O) groups is 2. The highest BCUT2D eigenvalue weighted by Gasteiger charge is 2.16. The van der Waals surface area contributed by atoms with Gasteiger partial charge in [-0.25, -0.2) is 4.79 Å². The van der Waals surface area contributed by atoms with Crippen molar-refractivity contribution < 1.29 is 14.3 Å². The third-order valence-corrected chi connectivity index (χ3v) is 3.50. The van der Waals surface area contributed by atoms with E-state index in [1.165, 1.54) is 18.9 Å². The highest BCUT2D eigenvalue weighted by atomic mass is 16.5. The fourth-order valence-corrected chi connectivity index (χ4v) is 2.02.